The van der Waals surface area contributed by atoms with Gasteiger partial charge in [0.05, 0.1) is 18.5 Å². The zero-order chi connectivity index (χ0) is 21.8. The zero-order valence-corrected chi connectivity index (χ0v) is 17.9. The highest BCUT2D eigenvalue weighted by Gasteiger charge is 2.23. The lowest BCUT2D eigenvalue weighted by Gasteiger charge is -2.34. The van der Waals surface area contributed by atoms with Gasteiger partial charge in [-0.3, -0.25) is 4.79 Å². The fourth-order valence-electron chi connectivity index (χ4n) is 4.21. The SMILES string of the molecule is COc1cc(-c2ccccc2)ccc1N1CCC(Cc2nc(C)c(O)c(C=O)n2)CC1. The number of anilines is 1. The minimum Gasteiger partial charge on any atom is -0.504 e. The Morgan fingerprint density at radius 1 is 1.10 bits per heavy atom. The number of benzene rings is 2. The molecule has 0 spiro atoms. The van der Waals surface area contributed by atoms with Gasteiger partial charge in [0.15, 0.2) is 12.0 Å². The summed E-state index contributed by atoms with van der Waals surface area (Å²) < 4.78 is 5.71. The number of carbonyl (C=O) groups is 1. The van der Waals surface area contributed by atoms with Crippen LogP contribution in [0.25, 0.3) is 11.1 Å². The van der Waals surface area contributed by atoms with Crippen LogP contribution in [0.1, 0.15) is 34.8 Å². The van der Waals surface area contributed by atoms with Gasteiger partial charge in [-0.05, 0) is 48.9 Å². The van der Waals surface area contributed by atoms with Crippen molar-refractivity contribution in [1.82, 2.24) is 9.97 Å². The normalized spacial score (nSPS) is 14.5. The molecule has 1 fully saturated rings. The lowest BCUT2D eigenvalue weighted by molar-refractivity contribution is 0.111. The molecule has 160 valence electrons. The molecule has 6 heteroatoms. The zero-order valence-electron chi connectivity index (χ0n) is 17.9. The van der Waals surface area contributed by atoms with Crippen molar-refractivity contribution >= 4 is 12.0 Å². The van der Waals surface area contributed by atoms with Gasteiger partial charge in [0.25, 0.3) is 0 Å². The molecule has 6 nitrogen and oxygen atoms in total. The van der Waals surface area contributed by atoms with E-state index in [1.54, 1.807) is 14.0 Å². The second-order valence-corrected chi connectivity index (χ2v) is 7.96. The second kappa shape index (κ2) is 9.16. The number of ether oxygens (including phenoxy) is 1. The van der Waals surface area contributed by atoms with E-state index >= 15 is 0 Å². The minimum absolute atomic E-state index is 0.0724. The fourth-order valence-corrected chi connectivity index (χ4v) is 4.21. The topological polar surface area (TPSA) is 75.6 Å². The fraction of sp³-hybridized carbons (Fsp3) is 0.320. The van der Waals surface area contributed by atoms with Crippen molar-refractivity contribution in [3.8, 4) is 22.6 Å². The summed E-state index contributed by atoms with van der Waals surface area (Å²) in [5, 5.41) is 9.86. The van der Waals surface area contributed by atoms with Crippen LogP contribution in [0.5, 0.6) is 11.5 Å². The molecule has 1 aliphatic rings. The van der Waals surface area contributed by atoms with Crippen LogP contribution in [-0.4, -0.2) is 41.6 Å². The van der Waals surface area contributed by atoms with E-state index in [9.17, 15) is 9.90 Å². The number of aromatic nitrogens is 2. The summed E-state index contributed by atoms with van der Waals surface area (Å²) in [5.41, 5.74) is 3.95. The Hall–Kier alpha value is -3.41. The molecule has 1 N–H and O–H groups in total. The number of methoxy groups -OCH3 is 1. The molecule has 3 aromatic rings. The molecule has 2 aromatic carbocycles. The average molecular weight is 418 g/mol. The van der Waals surface area contributed by atoms with Crippen molar-refractivity contribution in [3.63, 3.8) is 0 Å². The lowest BCUT2D eigenvalue weighted by atomic mass is 9.92. The van der Waals surface area contributed by atoms with E-state index in [1.165, 1.54) is 5.56 Å². The third-order valence-electron chi connectivity index (χ3n) is 5.96. The first kappa shape index (κ1) is 20.8. The minimum atomic E-state index is -0.125. The summed E-state index contributed by atoms with van der Waals surface area (Å²) in [6.07, 6.45) is 3.30. The van der Waals surface area contributed by atoms with Crippen LogP contribution in [0.4, 0.5) is 5.69 Å². The van der Waals surface area contributed by atoms with E-state index < -0.39 is 0 Å². The van der Waals surface area contributed by atoms with Crippen molar-refractivity contribution in [1.29, 1.82) is 0 Å². The summed E-state index contributed by atoms with van der Waals surface area (Å²) in [4.78, 5) is 22.1. The van der Waals surface area contributed by atoms with Crippen LogP contribution >= 0.6 is 0 Å². The summed E-state index contributed by atoms with van der Waals surface area (Å²) >= 11 is 0. The van der Waals surface area contributed by atoms with Crippen molar-refractivity contribution < 1.29 is 14.6 Å². The Bertz CT molecular complexity index is 1060. The van der Waals surface area contributed by atoms with Crippen molar-refractivity contribution in [2.75, 3.05) is 25.1 Å². The molecule has 0 amide bonds. The molecule has 31 heavy (non-hydrogen) atoms. The van der Waals surface area contributed by atoms with E-state index in [0.717, 1.165) is 42.9 Å². The molecule has 0 aliphatic carbocycles. The first-order chi connectivity index (χ1) is 15.1. The van der Waals surface area contributed by atoms with Crippen LogP contribution in [0.3, 0.4) is 0 Å². The Morgan fingerprint density at radius 3 is 2.52 bits per heavy atom. The number of rotatable bonds is 6. The predicted octanol–water partition coefficient (Wildman–Crippen LogP) is 4.44. The first-order valence-electron chi connectivity index (χ1n) is 10.6. The molecule has 1 saturated heterocycles. The van der Waals surface area contributed by atoms with Crippen molar-refractivity contribution in [2.45, 2.75) is 26.2 Å². The van der Waals surface area contributed by atoms with Crippen LogP contribution in [0, 0.1) is 12.8 Å². The van der Waals surface area contributed by atoms with Gasteiger partial charge in [-0.15, -0.1) is 0 Å². The Morgan fingerprint density at radius 2 is 1.84 bits per heavy atom. The summed E-state index contributed by atoms with van der Waals surface area (Å²) in [6, 6.07) is 16.7. The number of nitrogens with zero attached hydrogens (tertiary/aromatic N) is 3. The number of hydrogen-bond acceptors (Lipinski definition) is 6. The summed E-state index contributed by atoms with van der Waals surface area (Å²) in [5.74, 6) is 1.82. The molecular formula is C25H27N3O3. The maximum atomic E-state index is 11.1. The highest BCUT2D eigenvalue weighted by molar-refractivity contribution is 5.76. The molecule has 1 aromatic heterocycles. The Labute approximate surface area is 182 Å². The van der Waals surface area contributed by atoms with Gasteiger partial charge in [0.2, 0.25) is 0 Å². The highest BCUT2D eigenvalue weighted by Crippen LogP contribution is 2.35. The highest BCUT2D eigenvalue weighted by atomic mass is 16.5. The quantitative estimate of drug-likeness (QED) is 0.598. The Balaban J connectivity index is 1.44. The smallest absolute Gasteiger partial charge is 0.172 e. The van der Waals surface area contributed by atoms with Gasteiger partial charge in [0.1, 0.15) is 17.3 Å². The third-order valence-corrected chi connectivity index (χ3v) is 5.96. The molecule has 0 unspecified atom stereocenters. The van der Waals surface area contributed by atoms with Gasteiger partial charge >= 0.3 is 0 Å². The average Bonchev–Trinajstić information content (AvgIpc) is 2.82. The summed E-state index contributed by atoms with van der Waals surface area (Å²) in [6.45, 7) is 3.54. The number of aryl methyl sites for hydroxylation is 1. The van der Waals surface area contributed by atoms with Gasteiger partial charge < -0.3 is 14.7 Å². The molecule has 0 radical (unpaired) electrons. The van der Waals surface area contributed by atoms with Crippen LogP contribution in [0.2, 0.25) is 0 Å². The summed E-state index contributed by atoms with van der Waals surface area (Å²) in [7, 11) is 1.72. The standard InChI is InChI=1S/C25H27N3O3/c1-17-25(30)21(16-29)27-24(26-17)14-18-10-12-28(13-11-18)22-9-8-20(15-23(22)31-2)19-6-4-3-5-7-19/h3-9,15-16,18,30H,10-14H2,1-2H3. The van der Waals surface area contributed by atoms with Crippen molar-refractivity contribution in [3.05, 3.63) is 65.7 Å². The lowest BCUT2D eigenvalue weighted by Crippen LogP contribution is -2.34. The second-order valence-electron chi connectivity index (χ2n) is 7.96. The molecular weight excluding hydrogens is 390 g/mol. The number of piperidine rings is 1. The molecule has 0 atom stereocenters. The Kier molecular flexibility index (Phi) is 6.16. The van der Waals surface area contributed by atoms with Gasteiger partial charge in [-0.1, -0.05) is 36.4 Å². The number of aromatic hydroxyl groups is 1. The molecule has 2 heterocycles. The van der Waals surface area contributed by atoms with Crippen molar-refractivity contribution in [2.24, 2.45) is 5.92 Å². The third kappa shape index (κ3) is 4.53. The number of aldehydes is 1. The van der Waals surface area contributed by atoms with Gasteiger partial charge in [0, 0.05) is 19.5 Å². The maximum Gasteiger partial charge on any atom is 0.172 e. The van der Waals surface area contributed by atoms with Crippen LogP contribution in [0.15, 0.2) is 48.5 Å². The van der Waals surface area contributed by atoms with E-state index in [0.29, 0.717) is 30.1 Å². The monoisotopic (exact) mass is 417 g/mol. The number of carbonyl (C=O) groups excluding carboxylic acids is 1. The van der Waals surface area contributed by atoms with Crippen LogP contribution < -0.4 is 9.64 Å². The van der Waals surface area contributed by atoms with E-state index in [2.05, 4.69) is 45.2 Å². The number of hydrogen-bond donors (Lipinski definition) is 1. The molecule has 0 saturated carbocycles. The molecule has 1 aliphatic heterocycles. The van der Waals surface area contributed by atoms with E-state index in [1.807, 2.05) is 18.2 Å². The van der Waals surface area contributed by atoms with Gasteiger partial charge in [-0.2, -0.15) is 0 Å². The maximum absolute atomic E-state index is 11.1. The van der Waals surface area contributed by atoms with Crippen LogP contribution in [-0.2, 0) is 6.42 Å². The molecule has 0 bridgehead atoms. The van der Waals surface area contributed by atoms with Gasteiger partial charge in [-0.25, -0.2) is 9.97 Å². The predicted molar refractivity (Wildman–Crippen MR) is 121 cm³/mol. The molecule has 4 rings (SSSR count). The van der Waals surface area contributed by atoms with E-state index in [4.69, 9.17) is 4.74 Å². The largest absolute Gasteiger partial charge is 0.504 e. The first-order valence-corrected chi connectivity index (χ1v) is 10.6. The van der Waals surface area contributed by atoms with E-state index in [-0.39, 0.29) is 11.4 Å².